The molecule has 0 radical (unpaired) electrons. The van der Waals surface area contributed by atoms with Gasteiger partial charge in [0.05, 0.1) is 5.75 Å². The summed E-state index contributed by atoms with van der Waals surface area (Å²) >= 11 is 0. The normalized spacial score (nSPS) is 22.8. The van der Waals surface area contributed by atoms with Gasteiger partial charge < -0.3 is 5.32 Å². The fourth-order valence-electron chi connectivity index (χ4n) is 2.21. The van der Waals surface area contributed by atoms with E-state index in [9.17, 15) is 8.42 Å². The van der Waals surface area contributed by atoms with Gasteiger partial charge in [0.15, 0.2) is 0 Å². The van der Waals surface area contributed by atoms with Crippen LogP contribution in [0.2, 0.25) is 0 Å². The third-order valence-corrected chi connectivity index (χ3v) is 4.82. The number of sulfonamides is 1. The molecular formula is C11H22N2O2S. The SMILES string of the molecule is O=S(=O)(CCCNC1CC1)NC1CCCC1. The molecule has 0 aromatic rings. The van der Waals surface area contributed by atoms with Gasteiger partial charge in [0.2, 0.25) is 10.0 Å². The van der Waals surface area contributed by atoms with Crippen molar-refractivity contribution in [2.24, 2.45) is 0 Å². The fraction of sp³-hybridized carbons (Fsp3) is 1.00. The van der Waals surface area contributed by atoms with Crippen LogP contribution in [0, 0.1) is 0 Å². The van der Waals surface area contributed by atoms with Gasteiger partial charge in [-0.05, 0) is 38.6 Å². The third kappa shape index (κ3) is 4.39. The van der Waals surface area contributed by atoms with E-state index >= 15 is 0 Å². The first-order valence-electron chi connectivity index (χ1n) is 6.39. The second kappa shape index (κ2) is 5.47. The zero-order chi connectivity index (χ0) is 11.4. The monoisotopic (exact) mass is 246 g/mol. The van der Waals surface area contributed by atoms with Gasteiger partial charge in [-0.25, -0.2) is 13.1 Å². The zero-order valence-electron chi connectivity index (χ0n) is 9.74. The number of hydrogen-bond donors (Lipinski definition) is 2. The lowest BCUT2D eigenvalue weighted by Gasteiger charge is -2.12. The highest BCUT2D eigenvalue weighted by Gasteiger charge is 2.22. The van der Waals surface area contributed by atoms with Crippen molar-refractivity contribution in [2.45, 2.75) is 57.0 Å². The fourth-order valence-corrected chi connectivity index (χ4v) is 3.60. The standard InChI is InChI=1S/C11H22N2O2S/c14-16(15,13-11-4-1-2-5-11)9-3-8-12-10-6-7-10/h10-13H,1-9H2. The third-order valence-electron chi connectivity index (χ3n) is 3.30. The second-order valence-corrected chi connectivity index (χ2v) is 6.87. The van der Waals surface area contributed by atoms with Gasteiger partial charge >= 0.3 is 0 Å². The molecule has 0 spiro atoms. The summed E-state index contributed by atoms with van der Waals surface area (Å²) < 4.78 is 26.2. The van der Waals surface area contributed by atoms with Gasteiger partial charge in [-0.3, -0.25) is 0 Å². The van der Waals surface area contributed by atoms with Crippen LogP contribution in [0.1, 0.15) is 44.9 Å². The van der Waals surface area contributed by atoms with Crippen LogP contribution in [0.25, 0.3) is 0 Å². The minimum atomic E-state index is -3.03. The summed E-state index contributed by atoms with van der Waals surface area (Å²) in [5, 5.41) is 3.33. The zero-order valence-corrected chi connectivity index (χ0v) is 10.6. The summed E-state index contributed by atoms with van der Waals surface area (Å²) in [5.41, 5.74) is 0. The van der Waals surface area contributed by atoms with Gasteiger partial charge in [-0.2, -0.15) is 0 Å². The van der Waals surface area contributed by atoms with Gasteiger partial charge in [-0.1, -0.05) is 12.8 Å². The largest absolute Gasteiger partial charge is 0.314 e. The maximum absolute atomic E-state index is 11.7. The summed E-state index contributed by atoms with van der Waals surface area (Å²) in [4.78, 5) is 0. The molecule has 2 rings (SSSR count). The lowest BCUT2D eigenvalue weighted by Crippen LogP contribution is -2.35. The lowest BCUT2D eigenvalue weighted by atomic mass is 10.3. The van der Waals surface area contributed by atoms with Crippen molar-refractivity contribution in [3.8, 4) is 0 Å². The number of rotatable bonds is 7. The van der Waals surface area contributed by atoms with Crippen LogP contribution < -0.4 is 10.0 Å². The summed E-state index contributed by atoms with van der Waals surface area (Å²) in [6.45, 7) is 0.830. The summed E-state index contributed by atoms with van der Waals surface area (Å²) in [7, 11) is -3.03. The lowest BCUT2D eigenvalue weighted by molar-refractivity contribution is 0.547. The highest BCUT2D eigenvalue weighted by Crippen LogP contribution is 2.19. The Balaban J connectivity index is 1.61. The average Bonchev–Trinajstić information content (AvgIpc) is 2.91. The second-order valence-electron chi connectivity index (χ2n) is 5.00. The Bertz CT molecular complexity index is 306. The molecular weight excluding hydrogens is 224 g/mol. The van der Waals surface area contributed by atoms with Crippen LogP contribution in [0.4, 0.5) is 0 Å². The quantitative estimate of drug-likeness (QED) is 0.659. The Morgan fingerprint density at radius 1 is 1.00 bits per heavy atom. The number of nitrogens with one attached hydrogen (secondary N) is 2. The van der Waals surface area contributed by atoms with Crippen LogP contribution >= 0.6 is 0 Å². The minimum Gasteiger partial charge on any atom is -0.314 e. The molecule has 2 fully saturated rings. The average molecular weight is 246 g/mol. The predicted molar refractivity (Wildman–Crippen MR) is 64.8 cm³/mol. The van der Waals surface area contributed by atoms with Crippen molar-refractivity contribution < 1.29 is 8.42 Å². The van der Waals surface area contributed by atoms with Gasteiger partial charge in [0, 0.05) is 12.1 Å². The predicted octanol–water partition coefficient (Wildman–Crippen LogP) is 0.990. The van der Waals surface area contributed by atoms with Crippen LogP contribution in [-0.2, 0) is 10.0 Å². The van der Waals surface area contributed by atoms with Gasteiger partial charge in [0.1, 0.15) is 0 Å². The molecule has 0 aliphatic heterocycles. The van der Waals surface area contributed by atoms with E-state index in [4.69, 9.17) is 0 Å². The molecule has 16 heavy (non-hydrogen) atoms. The van der Waals surface area contributed by atoms with E-state index < -0.39 is 10.0 Å². The van der Waals surface area contributed by atoms with Crippen LogP contribution in [-0.4, -0.2) is 32.8 Å². The Morgan fingerprint density at radius 2 is 1.69 bits per heavy atom. The molecule has 0 bridgehead atoms. The molecule has 2 aliphatic carbocycles. The molecule has 0 aromatic heterocycles. The summed E-state index contributed by atoms with van der Waals surface area (Å²) in [6, 6.07) is 0.881. The smallest absolute Gasteiger partial charge is 0.211 e. The first-order chi connectivity index (χ1) is 7.66. The van der Waals surface area contributed by atoms with Crippen molar-refractivity contribution in [3.05, 3.63) is 0 Å². The topological polar surface area (TPSA) is 58.2 Å². The molecule has 0 amide bonds. The minimum absolute atomic E-state index is 0.210. The molecule has 5 heteroatoms. The highest BCUT2D eigenvalue weighted by atomic mass is 32.2. The number of hydrogen-bond acceptors (Lipinski definition) is 3. The van der Waals surface area contributed by atoms with Crippen LogP contribution in [0.5, 0.6) is 0 Å². The molecule has 94 valence electrons. The van der Waals surface area contributed by atoms with Crippen molar-refractivity contribution in [2.75, 3.05) is 12.3 Å². The highest BCUT2D eigenvalue weighted by molar-refractivity contribution is 7.89. The molecule has 2 N–H and O–H groups in total. The molecule has 2 saturated carbocycles. The van der Waals surface area contributed by atoms with E-state index in [-0.39, 0.29) is 11.8 Å². The molecule has 0 saturated heterocycles. The molecule has 0 unspecified atom stereocenters. The maximum atomic E-state index is 11.7. The van der Waals surface area contributed by atoms with E-state index in [0.29, 0.717) is 6.04 Å². The molecule has 0 heterocycles. The molecule has 0 atom stereocenters. The van der Waals surface area contributed by atoms with Crippen molar-refractivity contribution >= 4 is 10.0 Å². The summed E-state index contributed by atoms with van der Waals surface area (Å²) in [6.07, 6.45) is 7.59. The molecule has 2 aliphatic rings. The Hall–Kier alpha value is -0.130. The Kier molecular flexibility index (Phi) is 4.21. The van der Waals surface area contributed by atoms with E-state index in [0.717, 1.165) is 38.6 Å². The van der Waals surface area contributed by atoms with E-state index in [1.54, 1.807) is 0 Å². The van der Waals surface area contributed by atoms with E-state index in [1.807, 2.05) is 0 Å². The first kappa shape index (κ1) is 12.3. The Labute approximate surface area is 98.2 Å². The van der Waals surface area contributed by atoms with Crippen LogP contribution in [0.15, 0.2) is 0 Å². The first-order valence-corrected chi connectivity index (χ1v) is 8.04. The van der Waals surface area contributed by atoms with E-state index in [2.05, 4.69) is 10.0 Å². The molecule has 0 aromatic carbocycles. The summed E-state index contributed by atoms with van der Waals surface area (Å²) in [5.74, 6) is 0.267. The van der Waals surface area contributed by atoms with Crippen molar-refractivity contribution in [1.82, 2.24) is 10.0 Å². The van der Waals surface area contributed by atoms with Gasteiger partial charge in [0.25, 0.3) is 0 Å². The van der Waals surface area contributed by atoms with Crippen molar-refractivity contribution in [3.63, 3.8) is 0 Å². The Morgan fingerprint density at radius 3 is 2.31 bits per heavy atom. The van der Waals surface area contributed by atoms with Crippen LogP contribution in [0.3, 0.4) is 0 Å². The van der Waals surface area contributed by atoms with Gasteiger partial charge in [-0.15, -0.1) is 0 Å². The maximum Gasteiger partial charge on any atom is 0.211 e. The van der Waals surface area contributed by atoms with Crippen molar-refractivity contribution in [1.29, 1.82) is 0 Å². The molecule has 4 nitrogen and oxygen atoms in total. The van der Waals surface area contributed by atoms with E-state index in [1.165, 1.54) is 12.8 Å².